The van der Waals surface area contributed by atoms with Gasteiger partial charge in [0.2, 0.25) is 0 Å². The van der Waals surface area contributed by atoms with Crippen LogP contribution in [-0.4, -0.2) is 30.1 Å². The average Bonchev–Trinajstić information content (AvgIpc) is 2.47. The van der Waals surface area contributed by atoms with Gasteiger partial charge in [0.25, 0.3) is 0 Å². The molecule has 1 heterocycles. The maximum absolute atomic E-state index is 10.9. The second-order valence-electron chi connectivity index (χ2n) is 5.99. The van der Waals surface area contributed by atoms with E-state index in [1.807, 2.05) is 6.92 Å². The number of ether oxygens (including phenoxy) is 1. The van der Waals surface area contributed by atoms with Crippen molar-refractivity contribution in [3.63, 3.8) is 0 Å². The van der Waals surface area contributed by atoms with Gasteiger partial charge >= 0.3 is 5.97 Å². The van der Waals surface area contributed by atoms with Gasteiger partial charge in [-0.15, -0.1) is 0 Å². The molecule has 0 saturated carbocycles. The highest BCUT2D eigenvalue weighted by molar-refractivity contribution is 5.66. The Morgan fingerprint density at radius 3 is 2.62 bits per heavy atom. The Morgan fingerprint density at radius 1 is 1.33 bits per heavy atom. The summed E-state index contributed by atoms with van der Waals surface area (Å²) in [7, 11) is 0. The number of benzene rings is 1. The summed E-state index contributed by atoms with van der Waals surface area (Å²) in [6, 6.07) is 10.7. The lowest BCUT2D eigenvalue weighted by atomic mass is 9.91. The Bertz CT molecular complexity index is 424. The molecule has 1 atom stereocenters. The molecule has 3 nitrogen and oxygen atoms in total. The van der Waals surface area contributed by atoms with E-state index in [1.165, 1.54) is 25.3 Å². The van der Waals surface area contributed by atoms with Crippen LogP contribution in [0.5, 0.6) is 0 Å². The molecule has 2 rings (SSSR count). The molecular weight excluding hydrogens is 262 g/mol. The third-order valence-electron chi connectivity index (χ3n) is 4.05. The van der Waals surface area contributed by atoms with Crippen molar-refractivity contribution in [3.05, 3.63) is 42.3 Å². The van der Waals surface area contributed by atoms with Gasteiger partial charge in [0.05, 0.1) is 6.10 Å². The van der Waals surface area contributed by atoms with E-state index in [1.54, 1.807) is 0 Å². The summed E-state index contributed by atoms with van der Waals surface area (Å²) in [5.74, 6) is 0.476. The number of nitrogens with zero attached hydrogens (tertiary/aromatic N) is 1. The first-order chi connectivity index (χ1) is 10.1. The Kier molecular flexibility index (Phi) is 6.24. The molecule has 115 valence electrons. The molecule has 0 amide bonds. The van der Waals surface area contributed by atoms with Crippen LogP contribution in [0.2, 0.25) is 0 Å². The summed E-state index contributed by atoms with van der Waals surface area (Å²) >= 11 is 0. The van der Waals surface area contributed by atoms with Crippen LogP contribution in [0.4, 0.5) is 0 Å². The number of carbonyl (C=O) groups excluding carboxylic acids is 1. The second-order valence-corrected chi connectivity index (χ2v) is 5.99. The summed E-state index contributed by atoms with van der Waals surface area (Å²) in [5.41, 5.74) is 1.39. The third-order valence-corrected chi connectivity index (χ3v) is 4.05. The Balaban J connectivity index is 1.65. The SMILES string of the molecule is CC(=O)OC(C)C[CH]C1CCN(Cc2ccccc2)CC1. The lowest BCUT2D eigenvalue weighted by Crippen LogP contribution is -2.33. The Labute approximate surface area is 128 Å². The largest absolute Gasteiger partial charge is 0.463 e. The summed E-state index contributed by atoms with van der Waals surface area (Å²) in [4.78, 5) is 13.4. The fourth-order valence-electron chi connectivity index (χ4n) is 2.90. The molecule has 0 bridgehead atoms. The number of likely N-dealkylation sites (tertiary alicyclic amines) is 1. The molecule has 1 aromatic carbocycles. The van der Waals surface area contributed by atoms with Gasteiger partial charge in [0, 0.05) is 13.5 Å². The summed E-state index contributed by atoms with van der Waals surface area (Å²) in [5, 5.41) is 0. The molecule has 1 aromatic rings. The molecule has 1 fully saturated rings. The van der Waals surface area contributed by atoms with E-state index in [2.05, 4.69) is 41.7 Å². The quantitative estimate of drug-likeness (QED) is 0.751. The molecule has 0 aliphatic carbocycles. The molecule has 1 aliphatic rings. The fraction of sp³-hybridized carbons (Fsp3) is 0.556. The number of rotatable bonds is 6. The van der Waals surface area contributed by atoms with E-state index < -0.39 is 0 Å². The van der Waals surface area contributed by atoms with Crippen LogP contribution >= 0.6 is 0 Å². The molecule has 1 aliphatic heterocycles. The van der Waals surface area contributed by atoms with Crippen molar-refractivity contribution in [3.8, 4) is 0 Å². The maximum atomic E-state index is 10.9. The molecule has 21 heavy (non-hydrogen) atoms. The van der Waals surface area contributed by atoms with Crippen LogP contribution in [0.1, 0.15) is 38.7 Å². The smallest absolute Gasteiger partial charge is 0.302 e. The summed E-state index contributed by atoms with van der Waals surface area (Å²) < 4.78 is 5.16. The lowest BCUT2D eigenvalue weighted by Gasteiger charge is -2.32. The van der Waals surface area contributed by atoms with Crippen molar-refractivity contribution in [2.45, 2.75) is 45.8 Å². The van der Waals surface area contributed by atoms with E-state index in [4.69, 9.17) is 4.74 Å². The zero-order valence-corrected chi connectivity index (χ0v) is 13.1. The topological polar surface area (TPSA) is 29.5 Å². The second kappa shape index (κ2) is 8.18. The van der Waals surface area contributed by atoms with Crippen molar-refractivity contribution in [1.82, 2.24) is 4.90 Å². The van der Waals surface area contributed by atoms with Crippen molar-refractivity contribution in [2.75, 3.05) is 13.1 Å². The van der Waals surface area contributed by atoms with Gasteiger partial charge in [-0.2, -0.15) is 0 Å². The number of esters is 1. The minimum absolute atomic E-state index is 0.00449. The first kappa shape index (κ1) is 16.0. The molecule has 1 unspecified atom stereocenters. The number of hydrogen-bond donors (Lipinski definition) is 0. The minimum atomic E-state index is -0.186. The standard InChI is InChI=1S/C18H26NO2/c1-15(21-16(2)20)8-9-17-10-12-19(13-11-17)14-18-6-4-3-5-7-18/h3-7,9,15,17H,8,10-14H2,1-2H3. The van der Waals surface area contributed by atoms with Gasteiger partial charge in [0.15, 0.2) is 0 Å². The molecule has 0 spiro atoms. The van der Waals surface area contributed by atoms with E-state index in [0.29, 0.717) is 5.92 Å². The predicted molar refractivity (Wildman–Crippen MR) is 84.6 cm³/mol. The van der Waals surface area contributed by atoms with Gasteiger partial charge < -0.3 is 4.74 Å². The van der Waals surface area contributed by atoms with Gasteiger partial charge in [-0.3, -0.25) is 9.69 Å². The van der Waals surface area contributed by atoms with Crippen molar-refractivity contribution >= 4 is 5.97 Å². The first-order valence-corrected chi connectivity index (χ1v) is 7.90. The number of piperidine rings is 1. The van der Waals surface area contributed by atoms with Crippen LogP contribution in [0, 0.1) is 12.3 Å². The molecule has 3 heteroatoms. The minimum Gasteiger partial charge on any atom is -0.463 e. The zero-order valence-electron chi connectivity index (χ0n) is 13.1. The molecule has 0 aromatic heterocycles. The van der Waals surface area contributed by atoms with Gasteiger partial charge in [-0.05, 0) is 57.2 Å². The van der Waals surface area contributed by atoms with Gasteiger partial charge in [-0.25, -0.2) is 0 Å². The van der Waals surface area contributed by atoms with Crippen LogP contribution in [-0.2, 0) is 16.1 Å². The highest BCUT2D eigenvalue weighted by Gasteiger charge is 2.20. The monoisotopic (exact) mass is 288 g/mol. The zero-order chi connectivity index (χ0) is 15.1. The van der Waals surface area contributed by atoms with Crippen molar-refractivity contribution in [1.29, 1.82) is 0 Å². The highest BCUT2D eigenvalue weighted by Crippen LogP contribution is 2.23. The fourth-order valence-corrected chi connectivity index (χ4v) is 2.90. The number of hydrogen-bond acceptors (Lipinski definition) is 3. The van der Waals surface area contributed by atoms with Gasteiger partial charge in [0.1, 0.15) is 0 Å². The summed E-state index contributed by atoms with van der Waals surface area (Å²) in [6.45, 7) is 6.79. The molecule has 1 radical (unpaired) electrons. The third kappa shape index (κ3) is 5.88. The van der Waals surface area contributed by atoms with Crippen LogP contribution < -0.4 is 0 Å². The van der Waals surface area contributed by atoms with Crippen LogP contribution in [0.3, 0.4) is 0 Å². The Morgan fingerprint density at radius 2 is 2.00 bits per heavy atom. The first-order valence-electron chi connectivity index (χ1n) is 7.90. The van der Waals surface area contributed by atoms with E-state index in [-0.39, 0.29) is 12.1 Å². The van der Waals surface area contributed by atoms with Crippen molar-refractivity contribution in [2.24, 2.45) is 5.92 Å². The van der Waals surface area contributed by atoms with E-state index in [9.17, 15) is 4.79 Å². The molecule has 0 N–H and O–H groups in total. The highest BCUT2D eigenvalue weighted by atomic mass is 16.5. The number of carbonyl (C=O) groups is 1. The maximum Gasteiger partial charge on any atom is 0.302 e. The van der Waals surface area contributed by atoms with Crippen LogP contribution in [0.25, 0.3) is 0 Å². The average molecular weight is 288 g/mol. The van der Waals surface area contributed by atoms with Crippen LogP contribution in [0.15, 0.2) is 30.3 Å². The van der Waals surface area contributed by atoms with E-state index in [0.717, 1.165) is 26.1 Å². The van der Waals surface area contributed by atoms with Crippen molar-refractivity contribution < 1.29 is 9.53 Å². The van der Waals surface area contributed by atoms with Gasteiger partial charge in [-0.1, -0.05) is 30.3 Å². The lowest BCUT2D eigenvalue weighted by molar-refractivity contribution is -0.145. The summed E-state index contributed by atoms with van der Waals surface area (Å²) in [6.07, 6.45) is 5.63. The predicted octanol–water partition coefficient (Wildman–Crippen LogP) is 3.44. The molecular formula is C18H26NO2. The van der Waals surface area contributed by atoms with E-state index >= 15 is 0 Å². The Hall–Kier alpha value is -1.35. The normalized spacial score (nSPS) is 18.4. The molecule has 1 saturated heterocycles.